The molecule has 0 aliphatic heterocycles. The Kier molecular flexibility index (Phi) is 5.59. The van der Waals surface area contributed by atoms with Gasteiger partial charge in [-0.2, -0.15) is 0 Å². The molecule has 0 aliphatic rings. The highest BCUT2D eigenvalue weighted by atomic mass is 16.2. The van der Waals surface area contributed by atoms with Gasteiger partial charge in [-0.15, -0.1) is 0 Å². The maximum absolute atomic E-state index is 13.0. The fourth-order valence-electron chi connectivity index (χ4n) is 2.74. The highest BCUT2D eigenvalue weighted by molar-refractivity contribution is 6.06. The molecule has 0 unspecified atom stereocenters. The van der Waals surface area contributed by atoms with Crippen molar-refractivity contribution >= 4 is 17.3 Å². The van der Waals surface area contributed by atoms with Crippen molar-refractivity contribution in [3.8, 4) is 0 Å². The molecule has 0 atom stereocenters. The lowest BCUT2D eigenvalue weighted by Gasteiger charge is -2.21. The highest BCUT2D eigenvalue weighted by Crippen LogP contribution is 2.19. The van der Waals surface area contributed by atoms with Crippen LogP contribution in [0.15, 0.2) is 67.1 Å². The van der Waals surface area contributed by atoms with E-state index in [0.29, 0.717) is 18.7 Å². The zero-order valence-electron chi connectivity index (χ0n) is 15.0. The summed E-state index contributed by atoms with van der Waals surface area (Å²) in [4.78, 5) is 23.2. The quantitative estimate of drug-likeness (QED) is 0.731. The van der Waals surface area contributed by atoms with Gasteiger partial charge in [0.2, 0.25) is 0 Å². The van der Waals surface area contributed by atoms with Gasteiger partial charge in [-0.3, -0.25) is 14.8 Å². The number of nitrogens with one attached hydrogen (secondary N) is 1. The first kappa shape index (κ1) is 17.6. The minimum absolute atomic E-state index is 0.0629. The summed E-state index contributed by atoms with van der Waals surface area (Å²) in [5, 5.41) is 3.27. The average Bonchev–Trinajstić information content (AvgIpc) is 2.68. The molecule has 132 valence electrons. The Hall–Kier alpha value is -3.21. The predicted octanol–water partition coefficient (Wildman–Crippen LogP) is 4.06. The second kappa shape index (κ2) is 8.25. The summed E-state index contributed by atoms with van der Waals surface area (Å²) in [7, 11) is 0. The van der Waals surface area contributed by atoms with Gasteiger partial charge < -0.3 is 10.2 Å². The van der Waals surface area contributed by atoms with Crippen LogP contribution in [0.1, 0.15) is 28.5 Å². The monoisotopic (exact) mass is 346 g/mol. The maximum atomic E-state index is 13.0. The van der Waals surface area contributed by atoms with Crippen molar-refractivity contribution in [2.45, 2.75) is 20.4 Å². The number of pyridine rings is 2. The van der Waals surface area contributed by atoms with Crippen molar-refractivity contribution in [1.29, 1.82) is 0 Å². The molecule has 0 saturated heterocycles. The first-order valence-corrected chi connectivity index (χ1v) is 8.64. The summed E-state index contributed by atoms with van der Waals surface area (Å²) in [6, 6.07) is 15.6. The van der Waals surface area contributed by atoms with E-state index in [1.807, 2.05) is 62.4 Å². The summed E-state index contributed by atoms with van der Waals surface area (Å²) in [6.45, 7) is 5.16. The number of anilines is 2. The molecule has 26 heavy (non-hydrogen) atoms. The van der Waals surface area contributed by atoms with Gasteiger partial charge in [-0.25, -0.2) is 0 Å². The number of hydrogen-bond donors (Lipinski definition) is 1. The molecule has 0 radical (unpaired) electrons. The van der Waals surface area contributed by atoms with Gasteiger partial charge in [0.05, 0.1) is 23.5 Å². The van der Waals surface area contributed by atoms with Crippen LogP contribution in [0.4, 0.5) is 11.4 Å². The molecule has 0 aliphatic carbocycles. The van der Waals surface area contributed by atoms with E-state index in [9.17, 15) is 4.79 Å². The highest BCUT2D eigenvalue weighted by Gasteiger charge is 2.17. The third-order valence-electron chi connectivity index (χ3n) is 4.06. The van der Waals surface area contributed by atoms with Gasteiger partial charge in [0.1, 0.15) is 0 Å². The van der Waals surface area contributed by atoms with Crippen LogP contribution >= 0.6 is 0 Å². The van der Waals surface area contributed by atoms with Crippen molar-refractivity contribution in [2.75, 3.05) is 16.8 Å². The van der Waals surface area contributed by atoms with Crippen LogP contribution in [0, 0.1) is 6.92 Å². The zero-order valence-corrected chi connectivity index (χ0v) is 15.0. The van der Waals surface area contributed by atoms with Crippen molar-refractivity contribution in [3.63, 3.8) is 0 Å². The van der Waals surface area contributed by atoms with Gasteiger partial charge in [-0.05, 0) is 49.7 Å². The van der Waals surface area contributed by atoms with Crippen LogP contribution in [-0.2, 0) is 6.54 Å². The average molecular weight is 346 g/mol. The van der Waals surface area contributed by atoms with Gasteiger partial charge in [0, 0.05) is 30.8 Å². The number of carbonyl (C=O) groups is 1. The van der Waals surface area contributed by atoms with Crippen LogP contribution in [0.5, 0.6) is 0 Å². The van der Waals surface area contributed by atoms with E-state index in [0.717, 1.165) is 22.6 Å². The minimum atomic E-state index is -0.0629. The van der Waals surface area contributed by atoms with E-state index in [1.54, 1.807) is 23.5 Å². The lowest BCUT2D eigenvalue weighted by Crippen LogP contribution is -2.30. The first-order chi connectivity index (χ1) is 12.7. The third-order valence-corrected chi connectivity index (χ3v) is 4.06. The normalized spacial score (nSPS) is 10.4. The maximum Gasteiger partial charge on any atom is 0.259 e. The third kappa shape index (κ3) is 4.25. The Bertz CT molecular complexity index is 880. The number of rotatable bonds is 6. The van der Waals surface area contributed by atoms with Crippen molar-refractivity contribution in [3.05, 3.63) is 83.9 Å². The second-order valence-corrected chi connectivity index (χ2v) is 6.03. The molecule has 1 N–H and O–H groups in total. The first-order valence-electron chi connectivity index (χ1n) is 8.64. The van der Waals surface area contributed by atoms with Crippen LogP contribution in [-0.4, -0.2) is 22.4 Å². The molecule has 2 aromatic heterocycles. The van der Waals surface area contributed by atoms with Gasteiger partial charge in [-0.1, -0.05) is 18.2 Å². The molecule has 3 aromatic rings. The SMILES string of the molecule is CCN(C(=O)c1cncc(NCc2ccccn2)c1)c1cccc(C)c1. The van der Waals surface area contributed by atoms with Crippen LogP contribution in [0.3, 0.4) is 0 Å². The summed E-state index contributed by atoms with van der Waals surface area (Å²) in [5.74, 6) is -0.0629. The van der Waals surface area contributed by atoms with Crippen LogP contribution < -0.4 is 10.2 Å². The molecule has 5 nitrogen and oxygen atoms in total. The van der Waals surface area contributed by atoms with E-state index in [2.05, 4.69) is 15.3 Å². The fraction of sp³-hybridized carbons (Fsp3) is 0.190. The van der Waals surface area contributed by atoms with Crippen LogP contribution in [0.25, 0.3) is 0 Å². The second-order valence-electron chi connectivity index (χ2n) is 6.03. The number of carbonyl (C=O) groups excluding carboxylic acids is 1. The van der Waals surface area contributed by atoms with E-state index < -0.39 is 0 Å². The number of amides is 1. The Morgan fingerprint density at radius 3 is 2.73 bits per heavy atom. The Morgan fingerprint density at radius 2 is 2.00 bits per heavy atom. The molecule has 1 amide bonds. The molecule has 3 rings (SSSR count). The topological polar surface area (TPSA) is 58.1 Å². The largest absolute Gasteiger partial charge is 0.378 e. The van der Waals surface area contributed by atoms with E-state index >= 15 is 0 Å². The van der Waals surface area contributed by atoms with E-state index in [-0.39, 0.29) is 5.91 Å². The smallest absolute Gasteiger partial charge is 0.259 e. The number of aryl methyl sites for hydroxylation is 1. The van der Waals surface area contributed by atoms with Crippen molar-refractivity contribution in [1.82, 2.24) is 9.97 Å². The van der Waals surface area contributed by atoms with Gasteiger partial charge >= 0.3 is 0 Å². The molecular formula is C21H22N4O. The minimum Gasteiger partial charge on any atom is -0.378 e. The lowest BCUT2D eigenvalue weighted by atomic mass is 10.1. The molecule has 2 heterocycles. The molecular weight excluding hydrogens is 324 g/mol. The number of aromatic nitrogens is 2. The summed E-state index contributed by atoms with van der Waals surface area (Å²) in [6.07, 6.45) is 5.07. The molecule has 0 fully saturated rings. The Balaban J connectivity index is 1.76. The summed E-state index contributed by atoms with van der Waals surface area (Å²) in [5.41, 5.74) is 4.29. The van der Waals surface area contributed by atoms with Gasteiger partial charge in [0.25, 0.3) is 5.91 Å². The zero-order chi connectivity index (χ0) is 18.4. The molecule has 0 saturated carbocycles. The Labute approximate surface area is 153 Å². The molecule has 5 heteroatoms. The summed E-state index contributed by atoms with van der Waals surface area (Å²) >= 11 is 0. The molecule has 0 bridgehead atoms. The Morgan fingerprint density at radius 1 is 1.12 bits per heavy atom. The predicted molar refractivity (Wildman–Crippen MR) is 104 cm³/mol. The van der Waals surface area contributed by atoms with Crippen molar-refractivity contribution in [2.24, 2.45) is 0 Å². The van der Waals surface area contributed by atoms with Gasteiger partial charge in [0.15, 0.2) is 0 Å². The van der Waals surface area contributed by atoms with E-state index in [4.69, 9.17) is 0 Å². The lowest BCUT2D eigenvalue weighted by molar-refractivity contribution is 0.0988. The summed E-state index contributed by atoms with van der Waals surface area (Å²) < 4.78 is 0. The number of nitrogens with zero attached hydrogens (tertiary/aromatic N) is 3. The number of benzene rings is 1. The number of hydrogen-bond acceptors (Lipinski definition) is 4. The fourth-order valence-corrected chi connectivity index (χ4v) is 2.74. The van der Waals surface area contributed by atoms with Crippen LogP contribution in [0.2, 0.25) is 0 Å². The standard InChI is InChI=1S/C21H22N4O/c1-3-25(20-9-6-7-16(2)11-20)21(26)17-12-19(14-22-13-17)24-15-18-8-4-5-10-23-18/h4-14,24H,3,15H2,1-2H3. The molecule has 1 aromatic carbocycles. The van der Waals surface area contributed by atoms with Crippen molar-refractivity contribution < 1.29 is 4.79 Å². The van der Waals surface area contributed by atoms with E-state index in [1.165, 1.54) is 0 Å². The molecule has 0 spiro atoms.